The van der Waals surface area contributed by atoms with Crippen LogP contribution in [-0.4, -0.2) is 45.9 Å². The number of rotatable bonds is 2. The van der Waals surface area contributed by atoms with E-state index in [9.17, 15) is 4.79 Å². The Balaban J connectivity index is 1.78. The summed E-state index contributed by atoms with van der Waals surface area (Å²) in [5.74, 6) is 0.0647. The molecule has 1 fully saturated rings. The van der Waals surface area contributed by atoms with Gasteiger partial charge in [0.25, 0.3) is 5.91 Å². The molecule has 3 rings (SSSR count). The van der Waals surface area contributed by atoms with Crippen molar-refractivity contribution in [3.63, 3.8) is 0 Å². The van der Waals surface area contributed by atoms with Gasteiger partial charge < -0.3 is 10.2 Å². The van der Waals surface area contributed by atoms with Crippen LogP contribution in [0.5, 0.6) is 0 Å². The van der Waals surface area contributed by atoms with Crippen LogP contribution >= 0.6 is 11.3 Å². The molecule has 110 valence electrons. The first-order chi connectivity index (χ1) is 10.1. The molecule has 2 aromatic rings. The van der Waals surface area contributed by atoms with Gasteiger partial charge in [-0.3, -0.25) is 9.78 Å². The van der Waals surface area contributed by atoms with Crippen LogP contribution < -0.4 is 5.32 Å². The molecular formula is C15H18N4OS. The third-order valence-electron chi connectivity index (χ3n) is 3.45. The predicted molar refractivity (Wildman–Crippen MR) is 83.3 cm³/mol. The number of carbonyl (C=O) groups excluding carboxylic acids is 1. The van der Waals surface area contributed by atoms with Crippen molar-refractivity contribution in [3.8, 4) is 10.7 Å². The second-order valence-electron chi connectivity index (χ2n) is 5.42. The quantitative estimate of drug-likeness (QED) is 0.922. The van der Waals surface area contributed by atoms with E-state index in [1.54, 1.807) is 12.4 Å². The first kappa shape index (κ1) is 14.2. The van der Waals surface area contributed by atoms with Gasteiger partial charge in [0.2, 0.25) is 0 Å². The highest BCUT2D eigenvalue weighted by Gasteiger charge is 2.26. The topological polar surface area (TPSA) is 58.1 Å². The summed E-state index contributed by atoms with van der Waals surface area (Å²) >= 11 is 1.40. The van der Waals surface area contributed by atoms with Crippen molar-refractivity contribution in [2.75, 3.05) is 13.1 Å². The Morgan fingerprint density at radius 1 is 1.29 bits per heavy atom. The molecule has 0 spiro atoms. The van der Waals surface area contributed by atoms with Crippen molar-refractivity contribution in [3.05, 3.63) is 35.5 Å². The monoisotopic (exact) mass is 302 g/mol. The number of aromatic nitrogens is 2. The van der Waals surface area contributed by atoms with Gasteiger partial charge in [0.15, 0.2) is 0 Å². The fraction of sp³-hybridized carbons (Fsp3) is 0.400. The lowest BCUT2D eigenvalue weighted by atomic mass is 10.1. The fourth-order valence-electron chi connectivity index (χ4n) is 2.63. The van der Waals surface area contributed by atoms with Gasteiger partial charge in [-0.05, 0) is 26.0 Å². The van der Waals surface area contributed by atoms with Crippen LogP contribution in [0.2, 0.25) is 0 Å². The molecule has 0 unspecified atom stereocenters. The Labute approximate surface area is 128 Å². The van der Waals surface area contributed by atoms with E-state index >= 15 is 0 Å². The molecule has 0 bridgehead atoms. The van der Waals surface area contributed by atoms with Crippen LogP contribution in [0.4, 0.5) is 0 Å². The first-order valence-electron chi connectivity index (χ1n) is 7.06. The summed E-state index contributed by atoms with van der Waals surface area (Å²) in [5.41, 5.74) is 0.809. The van der Waals surface area contributed by atoms with E-state index in [4.69, 9.17) is 0 Å². The molecule has 1 aliphatic rings. The molecule has 21 heavy (non-hydrogen) atoms. The van der Waals surface area contributed by atoms with Gasteiger partial charge in [0.1, 0.15) is 9.88 Å². The molecule has 6 heteroatoms. The lowest BCUT2D eigenvalue weighted by Gasteiger charge is -2.35. The SMILES string of the molecule is C[C@H]1CN(C(=O)c2cnc(-c3ccccn3)s2)C[C@H](C)N1. The standard InChI is InChI=1S/C15H18N4OS/c1-10-8-19(9-11(2)18-10)15(20)13-7-17-14(21-13)12-5-3-4-6-16-12/h3-7,10-11,18H,8-9H2,1-2H3/t10-,11-/m0/s1. The molecule has 0 aliphatic carbocycles. The zero-order chi connectivity index (χ0) is 14.8. The molecule has 5 nitrogen and oxygen atoms in total. The number of nitrogens with zero attached hydrogens (tertiary/aromatic N) is 3. The van der Waals surface area contributed by atoms with Crippen LogP contribution in [-0.2, 0) is 0 Å². The zero-order valence-electron chi connectivity index (χ0n) is 12.1. The van der Waals surface area contributed by atoms with E-state index in [1.807, 2.05) is 23.1 Å². The van der Waals surface area contributed by atoms with E-state index in [0.717, 1.165) is 23.8 Å². The number of carbonyl (C=O) groups is 1. The van der Waals surface area contributed by atoms with Gasteiger partial charge in [0, 0.05) is 31.4 Å². The Kier molecular flexibility index (Phi) is 3.98. The average Bonchev–Trinajstić information content (AvgIpc) is 2.96. The molecular weight excluding hydrogens is 284 g/mol. The molecule has 1 aliphatic heterocycles. The molecule has 0 aromatic carbocycles. The van der Waals surface area contributed by atoms with Crippen molar-refractivity contribution in [1.82, 2.24) is 20.2 Å². The lowest BCUT2D eigenvalue weighted by molar-refractivity contribution is 0.0678. The van der Waals surface area contributed by atoms with Crippen LogP contribution in [0.3, 0.4) is 0 Å². The Morgan fingerprint density at radius 3 is 2.71 bits per heavy atom. The maximum absolute atomic E-state index is 12.6. The number of hydrogen-bond donors (Lipinski definition) is 1. The van der Waals surface area contributed by atoms with Crippen molar-refractivity contribution in [1.29, 1.82) is 0 Å². The van der Waals surface area contributed by atoms with Crippen molar-refractivity contribution >= 4 is 17.2 Å². The number of pyridine rings is 1. The van der Waals surface area contributed by atoms with Crippen LogP contribution in [0.1, 0.15) is 23.5 Å². The molecule has 0 saturated carbocycles. The average molecular weight is 302 g/mol. The Morgan fingerprint density at radius 2 is 2.05 bits per heavy atom. The Hall–Kier alpha value is -1.79. The molecule has 3 heterocycles. The van der Waals surface area contributed by atoms with Gasteiger partial charge in [-0.1, -0.05) is 6.07 Å². The summed E-state index contributed by atoms with van der Waals surface area (Å²) in [6.07, 6.45) is 3.40. The normalized spacial score (nSPS) is 22.3. The summed E-state index contributed by atoms with van der Waals surface area (Å²) in [7, 11) is 0. The zero-order valence-corrected chi connectivity index (χ0v) is 12.9. The van der Waals surface area contributed by atoms with Crippen molar-refractivity contribution in [2.45, 2.75) is 25.9 Å². The molecule has 1 amide bonds. The van der Waals surface area contributed by atoms with E-state index in [1.165, 1.54) is 11.3 Å². The summed E-state index contributed by atoms with van der Waals surface area (Å²) in [4.78, 5) is 23.8. The number of hydrogen-bond acceptors (Lipinski definition) is 5. The highest BCUT2D eigenvalue weighted by Crippen LogP contribution is 2.24. The van der Waals surface area contributed by atoms with Crippen molar-refractivity contribution < 1.29 is 4.79 Å². The second-order valence-corrected chi connectivity index (χ2v) is 6.45. The van der Waals surface area contributed by atoms with Crippen LogP contribution in [0, 0.1) is 0 Å². The van der Waals surface area contributed by atoms with Crippen LogP contribution in [0.15, 0.2) is 30.6 Å². The lowest BCUT2D eigenvalue weighted by Crippen LogP contribution is -2.55. The second kappa shape index (κ2) is 5.91. The van der Waals surface area contributed by atoms with E-state index in [2.05, 4.69) is 29.1 Å². The summed E-state index contributed by atoms with van der Waals surface area (Å²) in [6.45, 7) is 5.67. The smallest absolute Gasteiger partial charge is 0.265 e. The minimum atomic E-state index is 0.0647. The molecule has 0 radical (unpaired) electrons. The first-order valence-corrected chi connectivity index (χ1v) is 7.87. The van der Waals surface area contributed by atoms with Gasteiger partial charge in [-0.25, -0.2) is 4.98 Å². The van der Waals surface area contributed by atoms with Gasteiger partial charge >= 0.3 is 0 Å². The highest BCUT2D eigenvalue weighted by molar-refractivity contribution is 7.16. The molecule has 2 atom stereocenters. The van der Waals surface area contributed by atoms with E-state index in [-0.39, 0.29) is 5.91 Å². The third-order valence-corrected chi connectivity index (χ3v) is 4.45. The van der Waals surface area contributed by atoms with Gasteiger partial charge in [-0.15, -0.1) is 11.3 Å². The third kappa shape index (κ3) is 3.11. The minimum Gasteiger partial charge on any atom is -0.335 e. The maximum Gasteiger partial charge on any atom is 0.265 e. The highest BCUT2D eigenvalue weighted by atomic mass is 32.1. The molecule has 1 N–H and O–H groups in total. The maximum atomic E-state index is 12.6. The predicted octanol–water partition coefficient (Wildman–Crippen LogP) is 2.03. The van der Waals surface area contributed by atoms with E-state index in [0.29, 0.717) is 17.0 Å². The summed E-state index contributed by atoms with van der Waals surface area (Å²) < 4.78 is 0. The van der Waals surface area contributed by atoms with E-state index < -0.39 is 0 Å². The largest absolute Gasteiger partial charge is 0.335 e. The number of nitrogens with one attached hydrogen (secondary N) is 1. The number of piperazine rings is 1. The molecule has 2 aromatic heterocycles. The molecule has 1 saturated heterocycles. The summed E-state index contributed by atoms with van der Waals surface area (Å²) in [5, 5.41) is 4.22. The van der Waals surface area contributed by atoms with Crippen molar-refractivity contribution in [2.24, 2.45) is 0 Å². The van der Waals surface area contributed by atoms with Crippen LogP contribution in [0.25, 0.3) is 10.7 Å². The summed E-state index contributed by atoms with van der Waals surface area (Å²) in [6, 6.07) is 6.33. The number of amides is 1. The Bertz CT molecular complexity index is 618. The number of thiazole rings is 1. The van der Waals surface area contributed by atoms with Gasteiger partial charge in [-0.2, -0.15) is 0 Å². The minimum absolute atomic E-state index is 0.0647. The fourth-order valence-corrected chi connectivity index (χ4v) is 3.49. The van der Waals surface area contributed by atoms with Gasteiger partial charge in [0.05, 0.1) is 11.9 Å².